The molecule has 3 rings (SSSR count). The smallest absolute Gasteiger partial charge is 0.164 e. The van der Waals surface area contributed by atoms with E-state index in [0.29, 0.717) is 12.0 Å². The Bertz CT molecular complexity index is 641. The monoisotopic (exact) mass is 240 g/mol. The second-order valence-corrected chi connectivity index (χ2v) is 5.74. The molecule has 1 unspecified atom stereocenters. The maximum absolute atomic E-state index is 12.3. The van der Waals surface area contributed by atoms with Gasteiger partial charge in [-0.15, -0.1) is 0 Å². The zero-order chi connectivity index (χ0) is 12.9. The van der Waals surface area contributed by atoms with Gasteiger partial charge in [-0.05, 0) is 16.3 Å². The first-order chi connectivity index (χ1) is 8.50. The fourth-order valence-corrected chi connectivity index (χ4v) is 2.85. The van der Waals surface area contributed by atoms with Crippen molar-refractivity contribution in [2.75, 3.05) is 0 Å². The van der Waals surface area contributed by atoms with Crippen molar-refractivity contribution in [2.45, 2.75) is 26.4 Å². The molecule has 0 fully saturated rings. The van der Waals surface area contributed by atoms with E-state index < -0.39 is 6.10 Å². The maximum Gasteiger partial charge on any atom is 0.164 e. The van der Waals surface area contributed by atoms with E-state index in [1.54, 1.807) is 0 Å². The second kappa shape index (κ2) is 3.66. The average molecular weight is 240 g/mol. The molecule has 2 heteroatoms. The van der Waals surface area contributed by atoms with E-state index in [0.717, 1.165) is 16.3 Å². The number of fused-ring (bicyclic) bond motifs is 3. The van der Waals surface area contributed by atoms with Gasteiger partial charge in [0, 0.05) is 17.4 Å². The largest absolute Gasteiger partial charge is 0.388 e. The fourth-order valence-electron chi connectivity index (χ4n) is 2.85. The zero-order valence-electron chi connectivity index (χ0n) is 10.6. The van der Waals surface area contributed by atoms with E-state index in [9.17, 15) is 9.90 Å². The third kappa shape index (κ3) is 1.49. The molecule has 1 N–H and O–H groups in total. The fraction of sp³-hybridized carbons (Fsp3) is 0.312. The Kier molecular flexibility index (Phi) is 2.32. The normalized spacial score (nSPS) is 21.9. The molecule has 2 aromatic carbocycles. The Hall–Kier alpha value is -1.67. The summed E-state index contributed by atoms with van der Waals surface area (Å²) in [7, 11) is 0. The van der Waals surface area contributed by atoms with Gasteiger partial charge in [0.25, 0.3) is 0 Å². The average Bonchev–Trinajstić information content (AvgIpc) is 2.34. The van der Waals surface area contributed by atoms with Crippen LogP contribution in [0, 0.1) is 5.41 Å². The molecule has 2 nitrogen and oxygen atoms in total. The lowest BCUT2D eigenvalue weighted by molar-refractivity contribution is 0.0321. The van der Waals surface area contributed by atoms with E-state index in [-0.39, 0.29) is 11.2 Å². The summed E-state index contributed by atoms with van der Waals surface area (Å²) in [6.45, 7) is 3.88. The number of benzene rings is 2. The summed E-state index contributed by atoms with van der Waals surface area (Å²) in [6, 6.07) is 11.7. The van der Waals surface area contributed by atoms with Gasteiger partial charge in [-0.3, -0.25) is 4.79 Å². The molecule has 0 aromatic heterocycles. The molecule has 1 atom stereocenters. The van der Waals surface area contributed by atoms with Crippen LogP contribution in [0.25, 0.3) is 10.8 Å². The molecule has 92 valence electrons. The van der Waals surface area contributed by atoms with E-state index in [1.807, 2.05) is 50.2 Å². The minimum absolute atomic E-state index is 0.136. The summed E-state index contributed by atoms with van der Waals surface area (Å²) >= 11 is 0. The molecule has 0 spiro atoms. The van der Waals surface area contributed by atoms with Gasteiger partial charge in [0.1, 0.15) is 0 Å². The summed E-state index contributed by atoms with van der Waals surface area (Å²) in [4.78, 5) is 12.3. The number of carbonyl (C=O) groups is 1. The van der Waals surface area contributed by atoms with Crippen LogP contribution in [0.5, 0.6) is 0 Å². The SMILES string of the molecule is CC1(C)CC(=O)c2c(ccc3ccccc23)C1O. The molecule has 0 saturated carbocycles. The van der Waals surface area contributed by atoms with Crippen LogP contribution < -0.4 is 0 Å². The van der Waals surface area contributed by atoms with Gasteiger partial charge in [-0.1, -0.05) is 50.2 Å². The van der Waals surface area contributed by atoms with Crippen molar-refractivity contribution in [3.63, 3.8) is 0 Å². The maximum atomic E-state index is 12.3. The van der Waals surface area contributed by atoms with Gasteiger partial charge in [-0.2, -0.15) is 0 Å². The van der Waals surface area contributed by atoms with Crippen LogP contribution in [0.2, 0.25) is 0 Å². The Morgan fingerprint density at radius 3 is 2.67 bits per heavy atom. The van der Waals surface area contributed by atoms with E-state index in [1.165, 1.54) is 0 Å². The summed E-state index contributed by atoms with van der Waals surface area (Å²) in [5.74, 6) is 0.136. The number of ketones is 1. The standard InChI is InChI=1S/C16H16O2/c1-16(2)9-13(17)14-11-6-4-3-5-10(11)7-8-12(14)15(16)18/h3-8,15,18H,9H2,1-2H3. The number of carbonyl (C=O) groups excluding carboxylic acids is 1. The van der Waals surface area contributed by atoms with E-state index in [2.05, 4.69) is 0 Å². The highest BCUT2D eigenvalue weighted by Crippen LogP contribution is 2.45. The molecule has 18 heavy (non-hydrogen) atoms. The first-order valence-corrected chi connectivity index (χ1v) is 6.23. The molecular formula is C16H16O2. The summed E-state index contributed by atoms with van der Waals surface area (Å²) in [5, 5.41) is 12.4. The van der Waals surface area contributed by atoms with Crippen molar-refractivity contribution in [1.29, 1.82) is 0 Å². The minimum atomic E-state index is -0.574. The molecule has 0 radical (unpaired) electrons. The number of aliphatic hydroxyl groups is 1. The Balaban J connectivity index is 2.35. The molecule has 0 amide bonds. The first-order valence-electron chi connectivity index (χ1n) is 6.23. The highest BCUT2D eigenvalue weighted by molar-refractivity contribution is 6.10. The van der Waals surface area contributed by atoms with Crippen LogP contribution in [0.4, 0.5) is 0 Å². The third-order valence-corrected chi connectivity index (χ3v) is 3.89. The quantitative estimate of drug-likeness (QED) is 0.765. The van der Waals surface area contributed by atoms with Crippen LogP contribution >= 0.6 is 0 Å². The van der Waals surface area contributed by atoms with Gasteiger partial charge >= 0.3 is 0 Å². The lowest BCUT2D eigenvalue weighted by atomic mass is 9.70. The predicted octanol–water partition coefficient (Wildman–Crippen LogP) is 3.49. The van der Waals surface area contributed by atoms with Gasteiger partial charge in [0.2, 0.25) is 0 Å². The predicted molar refractivity (Wildman–Crippen MR) is 71.6 cm³/mol. The number of hydrogen-bond acceptors (Lipinski definition) is 2. The van der Waals surface area contributed by atoms with Crippen molar-refractivity contribution in [2.24, 2.45) is 5.41 Å². The molecule has 0 bridgehead atoms. The number of hydrogen-bond donors (Lipinski definition) is 1. The Morgan fingerprint density at radius 2 is 1.89 bits per heavy atom. The Morgan fingerprint density at radius 1 is 1.17 bits per heavy atom. The lowest BCUT2D eigenvalue weighted by Crippen LogP contribution is -2.32. The molecule has 1 aliphatic rings. The van der Waals surface area contributed by atoms with Gasteiger partial charge in [0.05, 0.1) is 6.10 Å². The lowest BCUT2D eigenvalue weighted by Gasteiger charge is -2.36. The first kappa shape index (κ1) is 11.4. The van der Waals surface area contributed by atoms with Gasteiger partial charge < -0.3 is 5.11 Å². The van der Waals surface area contributed by atoms with Crippen LogP contribution in [-0.4, -0.2) is 10.9 Å². The number of rotatable bonds is 0. The molecular weight excluding hydrogens is 224 g/mol. The highest BCUT2D eigenvalue weighted by atomic mass is 16.3. The van der Waals surface area contributed by atoms with Gasteiger partial charge in [-0.25, -0.2) is 0 Å². The Labute approximate surface area is 106 Å². The summed E-state index contributed by atoms with van der Waals surface area (Å²) in [6.07, 6.45) is -0.176. The topological polar surface area (TPSA) is 37.3 Å². The summed E-state index contributed by atoms with van der Waals surface area (Å²) < 4.78 is 0. The van der Waals surface area contributed by atoms with Crippen LogP contribution in [0.15, 0.2) is 36.4 Å². The van der Waals surface area contributed by atoms with Crippen molar-refractivity contribution in [1.82, 2.24) is 0 Å². The highest BCUT2D eigenvalue weighted by Gasteiger charge is 2.39. The number of aliphatic hydroxyl groups excluding tert-OH is 1. The van der Waals surface area contributed by atoms with Crippen LogP contribution in [0.1, 0.15) is 42.3 Å². The van der Waals surface area contributed by atoms with Crippen molar-refractivity contribution < 1.29 is 9.90 Å². The molecule has 0 heterocycles. The summed E-state index contributed by atoms with van der Waals surface area (Å²) in [5.41, 5.74) is 1.10. The molecule has 0 aliphatic heterocycles. The second-order valence-electron chi connectivity index (χ2n) is 5.74. The van der Waals surface area contributed by atoms with Gasteiger partial charge in [0.15, 0.2) is 5.78 Å². The molecule has 1 aliphatic carbocycles. The van der Waals surface area contributed by atoms with Crippen LogP contribution in [0.3, 0.4) is 0 Å². The third-order valence-electron chi connectivity index (χ3n) is 3.89. The van der Waals surface area contributed by atoms with E-state index >= 15 is 0 Å². The molecule has 0 saturated heterocycles. The minimum Gasteiger partial charge on any atom is -0.388 e. The zero-order valence-corrected chi connectivity index (χ0v) is 10.6. The van der Waals surface area contributed by atoms with Crippen molar-refractivity contribution in [3.8, 4) is 0 Å². The number of Topliss-reactive ketones (excluding diaryl/α,β-unsaturated/α-hetero) is 1. The van der Waals surface area contributed by atoms with Crippen molar-refractivity contribution >= 4 is 16.6 Å². The van der Waals surface area contributed by atoms with Crippen molar-refractivity contribution in [3.05, 3.63) is 47.5 Å². The van der Waals surface area contributed by atoms with E-state index in [4.69, 9.17) is 0 Å². The molecule has 2 aromatic rings. The van der Waals surface area contributed by atoms with Crippen LogP contribution in [-0.2, 0) is 0 Å².